The van der Waals surface area contributed by atoms with Crippen LogP contribution in [0.25, 0.3) is 0 Å². The number of hydrogen-bond donors (Lipinski definition) is 2. The van der Waals surface area contributed by atoms with E-state index in [4.69, 9.17) is 0 Å². The first-order valence-corrected chi connectivity index (χ1v) is 7.16. The Labute approximate surface area is 123 Å². The van der Waals surface area contributed by atoms with Crippen molar-refractivity contribution in [3.63, 3.8) is 0 Å². The van der Waals surface area contributed by atoms with E-state index >= 15 is 0 Å². The van der Waals surface area contributed by atoms with Gasteiger partial charge in [0.15, 0.2) is 0 Å². The van der Waals surface area contributed by atoms with Gasteiger partial charge in [0.25, 0.3) is 11.6 Å². The largest absolute Gasteiger partial charge is 0.394 e. The van der Waals surface area contributed by atoms with E-state index in [1.165, 1.54) is 12.1 Å². The number of amides is 1. The van der Waals surface area contributed by atoms with Crippen molar-refractivity contribution in [2.75, 3.05) is 6.61 Å². The molecule has 0 spiro atoms. The summed E-state index contributed by atoms with van der Waals surface area (Å²) in [5.74, 6) is -0.354. The second-order valence-electron chi connectivity index (χ2n) is 5.66. The van der Waals surface area contributed by atoms with E-state index in [0.29, 0.717) is 11.1 Å². The number of aliphatic hydroxyl groups excluding tert-OH is 1. The Kier molecular flexibility index (Phi) is 4.57. The maximum atomic E-state index is 12.4. The van der Waals surface area contributed by atoms with Crippen molar-refractivity contribution in [3.8, 4) is 0 Å². The molecule has 6 heteroatoms. The molecule has 114 valence electrons. The molecule has 0 radical (unpaired) electrons. The first-order valence-electron chi connectivity index (χ1n) is 7.16. The Hall–Kier alpha value is -1.95. The normalized spacial score (nSPS) is 17.2. The zero-order valence-corrected chi connectivity index (χ0v) is 12.1. The van der Waals surface area contributed by atoms with E-state index in [2.05, 4.69) is 5.32 Å². The van der Waals surface area contributed by atoms with Crippen LogP contribution in [-0.4, -0.2) is 28.1 Å². The van der Waals surface area contributed by atoms with E-state index < -0.39 is 10.5 Å². The Balaban J connectivity index is 2.24. The van der Waals surface area contributed by atoms with Crippen molar-refractivity contribution in [1.29, 1.82) is 0 Å². The van der Waals surface area contributed by atoms with Gasteiger partial charge in [-0.3, -0.25) is 14.9 Å². The molecule has 1 aliphatic carbocycles. The van der Waals surface area contributed by atoms with Gasteiger partial charge in [0, 0.05) is 17.2 Å². The van der Waals surface area contributed by atoms with Crippen molar-refractivity contribution in [1.82, 2.24) is 5.32 Å². The van der Waals surface area contributed by atoms with Crippen LogP contribution in [-0.2, 0) is 0 Å². The molecule has 1 fully saturated rings. The lowest BCUT2D eigenvalue weighted by Gasteiger charge is -2.36. The Morgan fingerprint density at radius 1 is 1.38 bits per heavy atom. The summed E-state index contributed by atoms with van der Waals surface area (Å²) < 4.78 is 0. The standard InChI is InChI=1S/C15H20N2O4/c1-11-12(6-5-7-13(11)17(20)21)14(19)16-15(10-18)8-3-2-4-9-15/h5-7,18H,2-4,8-10H2,1H3,(H,16,19). The van der Waals surface area contributed by atoms with Gasteiger partial charge in [-0.2, -0.15) is 0 Å². The fraction of sp³-hybridized carbons (Fsp3) is 0.533. The number of benzene rings is 1. The molecule has 0 heterocycles. The van der Waals surface area contributed by atoms with Gasteiger partial charge in [-0.05, 0) is 25.8 Å². The number of carbonyl (C=O) groups is 1. The van der Waals surface area contributed by atoms with Crippen LogP contribution < -0.4 is 5.32 Å². The summed E-state index contributed by atoms with van der Waals surface area (Å²) in [6.45, 7) is 1.46. The molecule has 0 bridgehead atoms. The van der Waals surface area contributed by atoms with Crippen LogP contribution in [0.5, 0.6) is 0 Å². The third kappa shape index (κ3) is 3.21. The quantitative estimate of drug-likeness (QED) is 0.658. The molecule has 1 aromatic rings. The molecule has 0 saturated heterocycles. The second kappa shape index (κ2) is 6.22. The van der Waals surface area contributed by atoms with Crippen LogP contribution in [0.15, 0.2) is 18.2 Å². The predicted molar refractivity (Wildman–Crippen MR) is 78.2 cm³/mol. The molecule has 21 heavy (non-hydrogen) atoms. The number of nitro groups is 1. The summed E-state index contributed by atoms with van der Waals surface area (Å²) >= 11 is 0. The van der Waals surface area contributed by atoms with Crippen LogP contribution in [0.2, 0.25) is 0 Å². The van der Waals surface area contributed by atoms with Gasteiger partial charge < -0.3 is 10.4 Å². The molecule has 1 saturated carbocycles. The van der Waals surface area contributed by atoms with Crippen molar-refractivity contribution >= 4 is 11.6 Å². The lowest BCUT2D eigenvalue weighted by Crippen LogP contribution is -2.52. The third-order valence-electron chi connectivity index (χ3n) is 4.24. The zero-order chi connectivity index (χ0) is 15.5. The van der Waals surface area contributed by atoms with Gasteiger partial charge in [0.2, 0.25) is 0 Å². The molecule has 0 aliphatic heterocycles. The smallest absolute Gasteiger partial charge is 0.273 e. The summed E-state index contributed by atoms with van der Waals surface area (Å²) in [6.07, 6.45) is 4.52. The number of carbonyl (C=O) groups excluding carboxylic acids is 1. The molecule has 1 amide bonds. The van der Waals surface area contributed by atoms with E-state index in [1.54, 1.807) is 13.0 Å². The van der Waals surface area contributed by atoms with E-state index in [-0.39, 0.29) is 18.2 Å². The maximum Gasteiger partial charge on any atom is 0.273 e. The highest BCUT2D eigenvalue weighted by molar-refractivity contribution is 5.97. The van der Waals surface area contributed by atoms with E-state index in [0.717, 1.165) is 32.1 Å². The third-order valence-corrected chi connectivity index (χ3v) is 4.24. The van der Waals surface area contributed by atoms with Crippen LogP contribution >= 0.6 is 0 Å². The molecule has 1 aliphatic rings. The van der Waals surface area contributed by atoms with Crippen molar-refractivity contribution < 1.29 is 14.8 Å². The molecule has 0 atom stereocenters. The Morgan fingerprint density at radius 2 is 2.05 bits per heavy atom. The fourth-order valence-electron chi connectivity index (χ4n) is 2.93. The van der Waals surface area contributed by atoms with Gasteiger partial charge in [-0.15, -0.1) is 0 Å². The molecule has 1 aromatic carbocycles. The van der Waals surface area contributed by atoms with Gasteiger partial charge >= 0.3 is 0 Å². The number of hydrogen-bond acceptors (Lipinski definition) is 4. The Morgan fingerprint density at radius 3 is 2.62 bits per heavy atom. The summed E-state index contributed by atoms with van der Waals surface area (Å²) in [5.41, 5.74) is -0.0114. The first kappa shape index (κ1) is 15.4. The number of nitrogens with zero attached hydrogens (tertiary/aromatic N) is 1. The van der Waals surface area contributed by atoms with Gasteiger partial charge in [0.05, 0.1) is 17.1 Å². The van der Waals surface area contributed by atoms with Gasteiger partial charge in [-0.1, -0.05) is 25.3 Å². The SMILES string of the molecule is Cc1c(C(=O)NC2(CO)CCCCC2)cccc1[N+](=O)[O-]. The lowest BCUT2D eigenvalue weighted by atomic mass is 9.82. The summed E-state index contributed by atoms with van der Waals surface area (Å²) in [4.78, 5) is 22.9. The molecule has 6 nitrogen and oxygen atoms in total. The Bertz CT molecular complexity index is 551. The number of rotatable bonds is 4. The minimum atomic E-state index is -0.591. The van der Waals surface area contributed by atoms with Gasteiger partial charge in [0.1, 0.15) is 0 Å². The maximum absolute atomic E-state index is 12.4. The molecular formula is C15H20N2O4. The average Bonchev–Trinajstić information content (AvgIpc) is 2.48. The highest BCUT2D eigenvalue weighted by atomic mass is 16.6. The predicted octanol–water partition coefficient (Wildman–Crippen LogP) is 2.33. The zero-order valence-electron chi connectivity index (χ0n) is 12.1. The molecular weight excluding hydrogens is 272 g/mol. The summed E-state index contributed by atoms with van der Waals surface area (Å²) in [5, 5.41) is 23.5. The molecule has 2 N–H and O–H groups in total. The number of nitrogens with one attached hydrogen (secondary N) is 1. The number of nitro benzene ring substituents is 1. The minimum absolute atomic E-state index is 0.0654. The van der Waals surface area contributed by atoms with Crippen LogP contribution in [0.3, 0.4) is 0 Å². The summed E-state index contributed by atoms with van der Waals surface area (Å²) in [7, 11) is 0. The molecule has 0 aromatic heterocycles. The van der Waals surface area contributed by atoms with Crippen LogP contribution in [0.1, 0.15) is 48.0 Å². The highest BCUT2D eigenvalue weighted by Crippen LogP contribution is 2.29. The van der Waals surface area contributed by atoms with Gasteiger partial charge in [-0.25, -0.2) is 0 Å². The lowest BCUT2D eigenvalue weighted by molar-refractivity contribution is -0.385. The second-order valence-corrected chi connectivity index (χ2v) is 5.66. The van der Waals surface area contributed by atoms with Crippen LogP contribution in [0, 0.1) is 17.0 Å². The monoisotopic (exact) mass is 292 g/mol. The van der Waals surface area contributed by atoms with Crippen molar-refractivity contribution in [2.45, 2.75) is 44.6 Å². The van der Waals surface area contributed by atoms with Crippen molar-refractivity contribution in [2.24, 2.45) is 0 Å². The fourth-order valence-corrected chi connectivity index (χ4v) is 2.93. The average molecular weight is 292 g/mol. The minimum Gasteiger partial charge on any atom is -0.394 e. The molecule has 2 rings (SSSR count). The van der Waals surface area contributed by atoms with Crippen molar-refractivity contribution in [3.05, 3.63) is 39.4 Å². The topological polar surface area (TPSA) is 92.5 Å². The first-order chi connectivity index (χ1) is 9.99. The number of aliphatic hydroxyl groups is 1. The summed E-state index contributed by atoms with van der Waals surface area (Å²) in [6, 6.07) is 4.46. The van der Waals surface area contributed by atoms with E-state index in [9.17, 15) is 20.0 Å². The van der Waals surface area contributed by atoms with E-state index in [1.807, 2.05) is 0 Å². The highest BCUT2D eigenvalue weighted by Gasteiger charge is 2.33. The van der Waals surface area contributed by atoms with Crippen LogP contribution in [0.4, 0.5) is 5.69 Å². The molecule has 0 unspecified atom stereocenters.